The Bertz CT molecular complexity index is 661. The van der Waals surface area contributed by atoms with Crippen molar-refractivity contribution in [1.29, 1.82) is 0 Å². The zero-order valence-electron chi connectivity index (χ0n) is 11.5. The maximum absolute atomic E-state index is 12.8. The standard InChI is InChI=1S/C15H16F3N3/c16-15(17,18)10-6-7-11-12(8-10)20-14(19)21-13(11)9-4-2-1-3-5-9/h6-9H,1-5H2,(H2,19,20,21). The van der Waals surface area contributed by atoms with Crippen molar-refractivity contribution in [3.05, 3.63) is 29.5 Å². The van der Waals surface area contributed by atoms with Crippen molar-refractivity contribution < 1.29 is 13.2 Å². The molecule has 0 aliphatic heterocycles. The molecule has 0 amide bonds. The Hall–Kier alpha value is -1.85. The van der Waals surface area contributed by atoms with Crippen molar-refractivity contribution >= 4 is 16.9 Å². The van der Waals surface area contributed by atoms with Crippen LogP contribution in [0.25, 0.3) is 10.9 Å². The van der Waals surface area contributed by atoms with Crippen LogP contribution in [-0.4, -0.2) is 9.97 Å². The molecule has 1 aromatic heterocycles. The molecule has 112 valence electrons. The highest BCUT2D eigenvalue weighted by atomic mass is 19.4. The van der Waals surface area contributed by atoms with E-state index >= 15 is 0 Å². The number of hydrogen-bond acceptors (Lipinski definition) is 3. The van der Waals surface area contributed by atoms with Crippen LogP contribution in [-0.2, 0) is 6.18 Å². The third-order valence-corrected chi connectivity index (χ3v) is 4.06. The lowest BCUT2D eigenvalue weighted by molar-refractivity contribution is -0.137. The minimum absolute atomic E-state index is 0.0439. The lowest BCUT2D eigenvalue weighted by atomic mass is 9.85. The Kier molecular flexibility index (Phi) is 3.47. The molecule has 21 heavy (non-hydrogen) atoms. The molecule has 0 bridgehead atoms. The molecule has 2 aromatic rings. The van der Waals surface area contributed by atoms with Gasteiger partial charge >= 0.3 is 6.18 Å². The van der Waals surface area contributed by atoms with Crippen LogP contribution >= 0.6 is 0 Å². The number of rotatable bonds is 1. The van der Waals surface area contributed by atoms with Gasteiger partial charge in [-0.05, 0) is 25.0 Å². The van der Waals surface area contributed by atoms with Gasteiger partial charge < -0.3 is 5.73 Å². The van der Waals surface area contributed by atoms with Crippen molar-refractivity contribution in [2.24, 2.45) is 0 Å². The van der Waals surface area contributed by atoms with Crippen molar-refractivity contribution in [3.63, 3.8) is 0 Å². The summed E-state index contributed by atoms with van der Waals surface area (Å²) in [5.41, 5.74) is 6.05. The van der Waals surface area contributed by atoms with Crippen LogP contribution in [0.5, 0.6) is 0 Å². The van der Waals surface area contributed by atoms with Crippen LogP contribution in [0.4, 0.5) is 19.1 Å². The molecular formula is C15H16F3N3. The number of hydrogen-bond donors (Lipinski definition) is 1. The van der Waals surface area contributed by atoms with E-state index in [9.17, 15) is 13.2 Å². The van der Waals surface area contributed by atoms with Gasteiger partial charge in [0.1, 0.15) is 0 Å². The summed E-state index contributed by atoms with van der Waals surface area (Å²) in [5, 5.41) is 0.684. The predicted molar refractivity (Wildman–Crippen MR) is 74.8 cm³/mol. The van der Waals surface area contributed by atoms with Crippen LogP contribution in [0.1, 0.15) is 49.3 Å². The van der Waals surface area contributed by atoms with Crippen LogP contribution in [0, 0.1) is 0 Å². The zero-order chi connectivity index (χ0) is 15.0. The summed E-state index contributed by atoms with van der Waals surface area (Å²) >= 11 is 0. The van der Waals surface area contributed by atoms with Gasteiger partial charge in [-0.2, -0.15) is 13.2 Å². The van der Waals surface area contributed by atoms with Crippen molar-refractivity contribution in [2.45, 2.75) is 44.2 Å². The van der Waals surface area contributed by atoms with Crippen LogP contribution in [0.2, 0.25) is 0 Å². The van der Waals surface area contributed by atoms with Gasteiger partial charge in [-0.3, -0.25) is 0 Å². The highest BCUT2D eigenvalue weighted by molar-refractivity contribution is 5.83. The molecule has 0 unspecified atom stereocenters. The second-order valence-electron chi connectivity index (χ2n) is 5.53. The average Bonchev–Trinajstić information content (AvgIpc) is 2.45. The van der Waals surface area contributed by atoms with Crippen molar-refractivity contribution in [1.82, 2.24) is 9.97 Å². The van der Waals surface area contributed by atoms with E-state index in [0.29, 0.717) is 5.39 Å². The lowest BCUT2D eigenvalue weighted by Gasteiger charge is -2.22. The van der Waals surface area contributed by atoms with Gasteiger partial charge in [0.2, 0.25) is 5.95 Å². The molecule has 3 rings (SSSR count). The molecular weight excluding hydrogens is 279 g/mol. The molecule has 0 saturated heterocycles. The molecule has 0 radical (unpaired) electrons. The zero-order valence-corrected chi connectivity index (χ0v) is 11.5. The van der Waals surface area contributed by atoms with Crippen LogP contribution in [0.3, 0.4) is 0 Å². The van der Waals surface area contributed by atoms with E-state index in [2.05, 4.69) is 9.97 Å². The first-order valence-corrected chi connectivity index (χ1v) is 7.09. The van der Waals surface area contributed by atoms with E-state index in [1.165, 1.54) is 12.5 Å². The summed E-state index contributed by atoms with van der Waals surface area (Å²) in [6.45, 7) is 0. The minimum atomic E-state index is -4.38. The van der Waals surface area contributed by atoms with E-state index in [1.54, 1.807) is 0 Å². The largest absolute Gasteiger partial charge is 0.416 e. The Morgan fingerprint density at radius 2 is 1.76 bits per heavy atom. The summed E-state index contributed by atoms with van der Waals surface area (Å²) in [7, 11) is 0. The monoisotopic (exact) mass is 295 g/mol. The van der Waals surface area contributed by atoms with Gasteiger partial charge in [-0.25, -0.2) is 9.97 Å². The van der Waals surface area contributed by atoms with E-state index in [4.69, 9.17) is 5.73 Å². The maximum atomic E-state index is 12.8. The molecule has 1 aromatic carbocycles. The SMILES string of the molecule is Nc1nc(C2CCCCC2)c2ccc(C(F)(F)F)cc2n1. The molecule has 0 spiro atoms. The van der Waals surface area contributed by atoms with Crippen LogP contribution in [0.15, 0.2) is 18.2 Å². The molecule has 1 aliphatic carbocycles. The van der Waals surface area contributed by atoms with E-state index in [1.807, 2.05) is 0 Å². The number of nitrogen functional groups attached to an aromatic ring is 1. The second-order valence-corrected chi connectivity index (χ2v) is 5.53. The predicted octanol–water partition coefficient (Wildman–Crippen LogP) is 4.28. The first-order chi connectivity index (χ1) is 9.95. The normalized spacial score (nSPS) is 17.3. The number of benzene rings is 1. The number of aromatic nitrogens is 2. The lowest BCUT2D eigenvalue weighted by Crippen LogP contribution is -2.11. The van der Waals surface area contributed by atoms with Gasteiger partial charge in [0.15, 0.2) is 0 Å². The van der Waals surface area contributed by atoms with Crippen LogP contribution < -0.4 is 5.73 Å². The Balaban J connectivity index is 2.12. The molecule has 0 atom stereocenters. The Morgan fingerprint density at radius 1 is 1.05 bits per heavy atom. The van der Waals surface area contributed by atoms with Crippen molar-refractivity contribution in [3.8, 4) is 0 Å². The molecule has 1 saturated carbocycles. The number of halogens is 3. The molecule has 1 aliphatic rings. The van der Waals surface area contributed by atoms with E-state index in [-0.39, 0.29) is 17.4 Å². The number of fused-ring (bicyclic) bond motifs is 1. The molecule has 1 heterocycles. The topological polar surface area (TPSA) is 51.8 Å². The third-order valence-electron chi connectivity index (χ3n) is 4.06. The van der Waals surface area contributed by atoms with Gasteiger partial charge in [0, 0.05) is 11.3 Å². The molecule has 1 fully saturated rings. The third kappa shape index (κ3) is 2.80. The van der Waals surface area contributed by atoms with Gasteiger partial charge in [0.05, 0.1) is 16.8 Å². The summed E-state index contributed by atoms with van der Waals surface area (Å²) in [6.07, 6.45) is 1.08. The summed E-state index contributed by atoms with van der Waals surface area (Å²) in [4.78, 5) is 8.27. The smallest absolute Gasteiger partial charge is 0.368 e. The highest BCUT2D eigenvalue weighted by Crippen LogP contribution is 2.37. The van der Waals surface area contributed by atoms with E-state index in [0.717, 1.165) is 43.5 Å². The summed E-state index contributed by atoms with van der Waals surface area (Å²) in [5.74, 6) is 0.311. The molecule has 3 nitrogen and oxygen atoms in total. The van der Waals surface area contributed by atoms with E-state index < -0.39 is 11.7 Å². The fourth-order valence-corrected chi connectivity index (χ4v) is 3.04. The number of alkyl halides is 3. The number of nitrogens with two attached hydrogens (primary N) is 1. The summed E-state index contributed by atoms with van der Waals surface area (Å²) in [6, 6.07) is 3.62. The van der Waals surface area contributed by atoms with Gasteiger partial charge in [-0.15, -0.1) is 0 Å². The summed E-state index contributed by atoms with van der Waals surface area (Å²) < 4.78 is 38.4. The fourth-order valence-electron chi connectivity index (χ4n) is 3.04. The first kappa shape index (κ1) is 14.1. The quantitative estimate of drug-likeness (QED) is 0.854. The average molecular weight is 295 g/mol. The maximum Gasteiger partial charge on any atom is 0.416 e. The second kappa shape index (κ2) is 5.16. The van der Waals surface area contributed by atoms with Gasteiger partial charge in [0.25, 0.3) is 0 Å². The molecule has 2 N–H and O–H groups in total. The minimum Gasteiger partial charge on any atom is -0.368 e. The first-order valence-electron chi connectivity index (χ1n) is 7.09. The van der Waals surface area contributed by atoms with Crippen molar-refractivity contribution in [2.75, 3.05) is 5.73 Å². The van der Waals surface area contributed by atoms with Gasteiger partial charge in [-0.1, -0.05) is 25.3 Å². The Labute approximate surface area is 120 Å². The molecule has 6 heteroatoms. The Morgan fingerprint density at radius 3 is 2.43 bits per heavy atom. The highest BCUT2D eigenvalue weighted by Gasteiger charge is 2.31. The number of anilines is 1. The number of nitrogens with zero attached hydrogens (tertiary/aromatic N) is 2. The fraction of sp³-hybridized carbons (Fsp3) is 0.467.